The molecule has 0 spiro atoms. The van der Waals surface area contributed by atoms with Crippen molar-refractivity contribution < 1.29 is 8.83 Å². The average molecular weight is 254 g/mol. The zero-order valence-electron chi connectivity index (χ0n) is 9.87. The third-order valence-corrected chi connectivity index (χ3v) is 2.56. The molecule has 19 heavy (non-hydrogen) atoms. The van der Waals surface area contributed by atoms with Crippen LogP contribution in [-0.2, 0) is 0 Å². The first kappa shape index (κ1) is 11.3. The van der Waals surface area contributed by atoms with Gasteiger partial charge in [-0.3, -0.25) is 4.98 Å². The first-order chi connectivity index (χ1) is 9.33. The summed E-state index contributed by atoms with van der Waals surface area (Å²) in [5.74, 6) is -0.402. The van der Waals surface area contributed by atoms with Crippen LogP contribution in [0, 0.1) is 0 Å². The van der Waals surface area contributed by atoms with Crippen molar-refractivity contribution >= 4 is 22.2 Å². The lowest BCUT2D eigenvalue weighted by Gasteiger charge is -1.79. The van der Waals surface area contributed by atoms with Crippen molar-refractivity contribution in [2.75, 3.05) is 0 Å². The van der Waals surface area contributed by atoms with Gasteiger partial charge in [0.25, 0.3) is 0 Å². The van der Waals surface area contributed by atoms with Crippen molar-refractivity contribution in [1.29, 1.82) is 0 Å². The molecule has 5 nitrogen and oxygen atoms in total. The average Bonchev–Trinajstić information content (AvgIpc) is 3.03. The number of oxazole rings is 2. The minimum Gasteiger partial charge on any atom is -0.443 e. The fraction of sp³-hybridized carbons (Fsp3) is 0. The van der Waals surface area contributed by atoms with E-state index in [1.54, 1.807) is 12.1 Å². The molecular formula is C14H10N2O3. The summed E-state index contributed by atoms with van der Waals surface area (Å²) in [6, 6.07) is 14.9. The minimum atomic E-state index is -0.402. The number of hydrogen-bond acceptors (Lipinski definition) is 4. The number of para-hydroxylation sites is 4. The Morgan fingerprint density at radius 3 is 2.47 bits per heavy atom. The largest absolute Gasteiger partial charge is 0.443 e. The number of hydrogen-bond donors (Lipinski definition) is 1. The summed E-state index contributed by atoms with van der Waals surface area (Å²) in [7, 11) is 0. The van der Waals surface area contributed by atoms with Gasteiger partial charge in [0.1, 0.15) is 5.52 Å². The molecule has 4 rings (SSSR count). The normalized spacial score (nSPS) is 10.3. The zero-order valence-corrected chi connectivity index (χ0v) is 9.87. The molecule has 0 unspecified atom stereocenters. The van der Waals surface area contributed by atoms with Crippen LogP contribution in [-0.4, -0.2) is 9.97 Å². The summed E-state index contributed by atoms with van der Waals surface area (Å²) in [5.41, 5.74) is 3.11. The van der Waals surface area contributed by atoms with Crippen molar-refractivity contribution in [3.8, 4) is 0 Å². The van der Waals surface area contributed by atoms with Crippen molar-refractivity contribution in [1.82, 2.24) is 9.97 Å². The maximum atomic E-state index is 10.6. The van der Waals surface area contributed by atoms with Gasteiger partial charge in [-0.15, -0.1) is 0 Å². The molecule has 2 aromatic heterocycles. The molecule has 0 atom stereocenters. The second kappa shape index (κ2) is 4.81. The monoisotopic (exact) mass is 254 g/mol. The van der Waals surface area contributed by atoms with Gasteiger partial charge in [-0.2, -0.15) is 0 Å². The molecule has 0 bridgehead atoms. The molecule has 2 heterocycles. The number of aromatic amines is 1. The summed E-state index contributed by atoms with van der Waals surface area (Å²) in [4.78, 5) is 17.1. The van der Waals surface area contributed by atoms with E-state index in [0.717, 1.165) is 16.6 Å². The molecule has 0 radical (unpaired) electrons. The summed E-state index contributed by atoms with van der Waals surface area (Å²) in [6.07, 6.45) is 1.45. The van der Waals surface area contributed by atoms with Crippen LogP contribution in [0.5, 0.6) is 0 Å². The number of aromatic nitrogens is 2. The Kier molecular flexibility index (Phi) is 2.86. The minimum absolute atomic E-state index is 0.402. The number of nitrogens with one attached hydrogen (secondary N) is 1. The van der Waals surface area contributed by atoms with E-state index in [9.17, 15) is 4.79 Å². The topological polar surface area (TPSA) is 72.0 Å². The standard InChI is InChI=1S/C7H5NO2.C7H5NO/c9-7-8-5-3-1-2-4-6(5)10-7;1-2-4-7-6(3-1)8-5-9-7/h1-4H,(H,8,9);1-5H. The Labute approximate surface area is 107 Å². The van der Waals surface area contributed by atoms with Crippen LogP contribution < -0.4 is 5.76 Å². The lowest BCUT2D eigenvalue weighted by molar-refractivity contribution is 0.555. The molecule has 94 valence electrons. The summed E-state index contributed by atoms with van der Waals surface area (Å²) >= 11 is 0. The number of fused-ring (bicyclic) bond motifs is 2. The van der Waals surface area contributed by atoms with Crippen molar-refractivity contribution in [2.45, 2.75) is 0 Å². The van der Waals surface area contributed by atoms with Gasteiger partial charge in [-0.05, 0) is 24.3 Å². The van der Waals surface area contributed by atoms with Crippen molar-refractivity contribution in [3.05, 3.63) is 65.5 Å². The van der Waals surface area contributed by atoms with E-state index in [2.05, 4.69) is 9.97 Å². The predicted octanol–water partition coefficient (Wildman–Crippen LogP) is 2.95. The maximum Gasteiger partial charge on any atom is 0.417 e. The van der Waals surface area contributed by atoms with Gasteiger partial charge in [0.2, 0.25) is 0 Å². The van der Waals surface area contributed by atoms with Gasteiger partial charge in [-0.1, -0.05) is 24.3 Å². The molecule has 0 fully saturated rings. The highest BCUT2D eigenvalue weighted by Gasteiger charge is 1.95. The van der Waals surface area contributed by atoms with Crippen LogP contribution in [0.3, 0.4) is 0 Å². The molecule has 5 heteroatoms. The highest BCUT2D eigenvalue weighted by molar-refractivity contribution is 5.71. The third kappa shape index (κ3) is 2.40. The van der Waals surface area contributed by atoms with Crippen LogP contribution in [0.2, 0.25) is 0 Å². The van der Waals surface area contributed by atoms with E-state index in [0.29, 0.717) is 5.58 Å². The molecule has 0 aliphatic carbocycles. The summed E-state index contributed by atoms with van der Waals surface area (Å²) in [6.45, 7) is 0. The number of rotatable bonds is 0. The number of benzene rings is 2. The molecule has 0 amide bonds. The highest BCUT2D eigenvalue weighted by Crippen LogP contribution is 2.09. The van der Waals surface area contributed by atoms with Crippen molar-refractivity contribution in [3.63, 3.8) is 0 Å². The highest BCUT2D eigenvalue weighted by atomic mass is 16.4. The maximum absolute atomic E-state index is 10.6. The molecule has 0 aliphatic rings. The van der Waals surface area contributed by atoms with E-state index < -0.39 is 5.76 Å². The Hall–Kier alpha value is -2.82. The zero-order chi connectivity index (χ0) is 13.1. The van der Waals surface area contributed by atoms with Gasteiger partial charge in [0.05, 0.1) is 5.52 Å². The van der Waals surface area contributed by atoms with Crippen LogP contribution in [0.15, 0.2) is 68.6 Å². The van der Waals surface area contributed by atoms with Crippen LogP contribution in [0.1, 0.15) is 0 Å². The van der Waals surface area contributed by atoms with Gasteiger partial charge in [-0.25, -0.2) is 9.78 Å². The molecule has 0 saturated carbocycles. The van der Waals surface area contributed by atoms with Gasteiger partial charge in [0.15, 0.2) is 17.6 Å². The summed E-state index contributed by atoms with van der Waals surface area (Å²) < 4.78 is 9.76. The van der Waals surface area contributed by atoms with Crippen LogP contribution in [0.25, 0.3) is 22.2 Å². The second-order valence-electron chi connectivity index (χ2n) is 3.83. The second-order valence-corrected chi connectivity index (χ2v) is 3.83. The van der Waals surface area contributed by atoms with Crippen molar-refractivity contribution in [2.24, 2.45) is 0 Å². The molecule has 4 aromatic rings. The molecular weight excluding hydrogens is 244 g/mol. The lowest BCUT2D eigenvalue weighted by atomic mass is 10.3. The first-order valence-corrected chi connectivity index (χ1v) is 5.69. The van der Waals surface area contributed by atoms with Gasteiger partial charge >= 0.3 is 5.76 Å². The SMILES string of the molecule is O=c1[nH]c2ccccc2o1.c1ccc2ocnc2c1. The Balaban J connectivity index is 0.000000117. The Morgan fingerprint density at radius 1 is 0.947 bits per heavy atom. The van der Waals surface area contributed by atoms with E-state index >= 15 is 0 Å². The fourth-order valence-corrected chi connectivity index (χ4v) is 1.70. The lowest BCUT2D eigenvalue weighted by Crippen LogP contribution is -1.92. The van der Waals surface area contributed by atoms with E-state index in [4.69, 9.17) is 8.83 Å². The van der Waals surface area contributed by atoms with E-state index in [1.807, 2.05) is 36.4 Å². The smallest absolute Gasteiger partial charge is 0.417 e. The number of nitrogens with zero attached hydrogens (tertiary/aromatic N) is 1. The van der Waals surface area contributed by atoms with E-state index in [1.165, 1.54) is 6.39 Å². The Bertz CT molecular complexity index is 791. The molecule has 0 saturated heterocycles. The van der Waals surface area contributed by atoms with E-state index in [-0.39, 0.29) is 0 Å². The third-order valence-electron chi connectivity index (χ3n) is 2.56. The molecule has 1 N–H and O–H groups in total. The Morgan fingerprint density at radius 2 is 1.68 bits per heavy atom. The molecule has 0 aliphatic heterocycles. The predicted molar refractivity (Wildman–Crippen MR) is 70.8 cm³/mol. The molecule has 2 aromatic carbocycles. The quantitative estimate of drug-likeness (QED) is 0.523. The fourth-order valence-electron chi connectivity index (χ4n) is 1.70. The first-order valence-electron chi connectivity index (χ1n) is 5.69. The van der Waals surface area contributed by atoms with Crippen LogP contribution >= 0.6 is 0 Å². The van der Waals surface area contributed by atoms with Crippen LogP contribution in [0.4, 0.5) is 0 Å². The van der Waals surface area contributed by atoms with Gasteiger partial charge in [0, 0.05) is 0 Å². The number of H-pyrrole nitrogens is 1. The summed E-state index contributed by atoms with van der Waals surface area (Å²) in [5, 5.41) is 0. The van der Waals surface area contributed by atoms with Gasteiger partial charge < -0.3 is 8.83 Å².